The summed E-state index contributed by atoms with van der Waals surface area (Å²) in [5, 5.41) is 6.93. The molecule has 1 aromatic carbocycles. The Balaban J connectivity index is 1.39. The molecule has 0 amide bonds. The highest BCUT2D eigenvalue weighted by molar-refractivity contribution is 5.74. The monoisotopic (exact) mass is 403 g/mol. The number of pyridine rings is 1. The van der Waals surface area contributed by atoms with Crippen molar-refractivity contribution in [3.63, 3.8) is 0 Å². The van der Waals surface area contributed by atoms with Crippen molar-refractivity contribution >= 4 is 22.1 Å². The van der Waals surface area contributed by atoms with Crippen molar-refractivity contribution in [3.8, 4) is 0 Å². The Kier molecular flexibility index (Phi) is 4.51. The molecular weight excluding hydrogens is 378 g/mol. The van der Waals surface area contributed by atoms with Crippen LogP contribution >= 0.6 is 0 Å². The van der Waals surface area contributed by atoms with Gasteiger partial charge in [-0.25, -0.2) is 0 Å². The average molecular weight is 403 g/mol. The first-order valence-corrected chi connectivity index (χ1v) is 10.3. The van der Waals surface area contributed by atoms with Crippen LogP contribution in [0.2, 0.25) is 0 Å². The van der Waals surface area contributed by atoms with E-state index >= 15 is 0 Å². The molecule has 154 valence electrons. The molecular formula is C22H25N7O. The van der Waals surface area contributed by atoms with Crippen LogP contribution in [0, 0.1) is 0 Å². The van der Waals surface area contributed by atoms with E-state index in [1.165, 1.54) is 11.6 Å². The van der Waals surface area contributed by atoms with Crippen LogP contribution < -0.4 is 10.6 Å². The quantitative estimate of drug-likeness (QED) is 0.566. The van der Waals surface area contributed by atoms with Gasteiger partial charge in [0.15, 0.2) is 0 Å². The third-order valence-corrected chi connectivity index (χ3v) is 6.12. The summed E-state index contributed by atoms with van der Waals surface area (Å²) < 4.78 is 0. The van der Waals surface area contributed by atoms with E-state index < -0.39 is 0 Å². The number of H-pyrrole nitrogens is 1. The summed E-state index contributed by atoms with van der Waals surface area (Å²) in [4.78, 5) is 27.7. The van der Waals surface area contributed by atoms with Crippen LogP contribution in [0.15, 0.2) is 53.7 Å². The maximum Gasteiger partial charge on any atom is 0.248 e. The molecule has 0 spiro atoms. The Morgan fingerprint density at radius 1 is 1.00 bits per heavy atom. The van der Waals surface area contributed by atoms with Gasteiger partial charge < -0.3 is 4.98 Å². The molecule has 0 aliphatic carbocycles. The van der Waals surface area contributed by atoms with E-state index in [4.69, 9.17) is 0 Å². The molecule has 1 aliphatic heterocycles. The second-order valence-corrected chi connectivity index (χ2v) is 8.17. The predicted octanol–water partition coefficient (Wildman–Crippen LogP) is 2.46. The number of nitrogens with one attached hydrogen (secondary N) is 1. The van der Waals surface area contributed by atoms with Gasteiger partial charge in [0.2, 0.25) is 5.56 Å². The summed E-state index contributed by atoms with van der Waals surface area (Å²) in [6.45, 7) is 8.47. The molecule has 0 unspecified atom stereocenters. The largest absolute Gasteiger partial charge is 0.319 e. The summed E-state index contributed by atoms with van der Waals surface area (Å²) in [5.74, 6) is 0. The Hall–Kier alpha value is -3.26. The standard InChI is InChI=1S/C22H25N7O/c1-14-12-28(29-13-21-19(26-29)6-7-22(30)25-21)15(2)11-27(14)16(3)17-4-5-18-20(10-17)24-9-8-23-18/h4-10,13-16H,11-12H2,1-3H3,(H,25,30)/t14-,15+,16-/m1/s1. The van der Waals surface area contributed by atoms with Gasteiger partial charge in [0.25, 0.3) is 0 Å². The molecule has 30 heavy (non-hydrogen) atoms. The SMILES string of the molecule is C[C@@H]1CN(n2cc3[nH]c(=O)ccc3n2)[C@@H](C)CN1[C@H](C)c1ccc2nccnc2c1. The normalized spacial score (nSPS) is 21.4. The molecule has 0 bridgehead atoms. The second kappa shape index (κ2) is 7.21. The predicted molar refractivity (Wildman–Crippen MR) is 117 cm³/mol. The van der Waals surface area contributed by atoms with Crippen LogP contribution in [0.4, 0.5) is 0 Å². The minimum atomic E-state index is -0.109. The molecule has 8 nitrogen and oxygen atoms in total. The number of rotatable bonds is 3. The van der Waals surface area contributed by atoms with Gasteiger partial charge >= 0.3 is 0 Å². The van der Waals surface area contributed by atoms with Crippen molar-refractivity contribution in [1.82, 2.24) is 29.7 Å². The van der Waals surface area contributed by atoms with Crippen LogP contribution in [0.25, 0.3) is 22.1 Å². The van der Waals surface area contributed by atoms with Gasteiger partial charge in [-0.2, -0.15) is 9.89 Å². The Morgan fingerprint density at radius 3 is 2.60 bits per heavy atom. The van der Waals surface area contributed by atoms with E-state index in [1.54, 1.807) is 18.5 Å². The smallest absolute Gasteiger partial charge is 0.248 e. The summed E-state index contributed by atoms with van der Waals surface area (Å²) in [6.07, 6.45) is 5.37. The van der Waals surface area contributed by atoms with Gasteiger partial charge in [0.1, 0.15) is 5.52 Å². The highest BCUT2D eigenvalue weighted by Gasteiger charge is 2.33. The zero-order valence-corrected chi connectivity index (χ0v) is 17.4. The highest BCUT2D eigenvalue weighted by atomic mass is 16.1. The lowest BCUT2D eigenvalue weighted by atomic mass is 10.0. The number of nitrogens with zero attached hydrogens (tertiary/aromatic N) is 6. The zero-order valence-electron chi connectivity index (χ0n) is 17.4. The van der Waals surface area contributed by atoms with E-state index in [2.05, 4.69) is 68.9 Å². The van der Waals surface area contributed by atoms with Crippen LogP contribution in [0.3, 0.4) is 0 Å². The highest BCUT2D eigenvalue weighted by Crippen LogP contribution is 2.28. The summed E-state index contributed by atoms with van der Waals surface area (Å²) >= 11 is 0. The van der Waals surface area contributed by atoms with Gasteiger partial charge in [0, 0.05) is 37.1 Å². The summed E-state index contributed by atoms with van der Waals surface area (Å²) in [5.41, 5.74) is 4.54. The number of aromatic amines is 1. The number of hydrogen-bond donors (Lipinski definition) is 1. The van der Waals surface area contributed by atoms with Crippen molar-refractivity contribution < 1.29 is 0 Å². The number of aromatic nitrogens is 5. The first-order valence-electron chi connectivity index (χ1n) is 10.3. The molecule has 1 fully saturated rings. The number of benzene rings is 1. The van der Waals surface area contributed by atoms with Crippen LogP contribution in [0.5, 0.6) is 0 Å². The van der Waals surface area contributed by atoms with Gasteiger partial charge in [-0.1, -0.05) is 6.07 Å². The molecule has 1 saturated heterocycles. The number of hydrogen-bond acceptors (Lipinski definition) is 6. The van der Waals surface area contributed by atoms with Gasteiger partial charge in [0.05, 0.1) is 35.3 Å². The molecule has 1 aliphatic rings. The molecule has 0 saturated carbocycles. The topological polar surface area (TPSA) is 82.9 Å². The van der Waals surface area contributed by atoms with Crippen LogP contribution in [0.1, 0.15) is 32.4 Å². The third-order valence-electron chi connectivity index (χ3n) is 6.12. The summed E-state index contributed by atoms with van der Waals surface area (Å²) in [6, 6.07) is 10.5. The molecule has 0 radical (unpaired) electrons. The maximum absolute atomic E-state index is 11.6. The van der Waals surface area contributed by atoms with E-state index in [-0.39, 0.29) is 17.6 Å². The van der Waals surface area contributed by atoms with Crippen molar-refractivity contribution in [2.75, 3.05) is 18.1 Å². The fourth-order valence-electron chi connectivity index (χ4n) is 4.45. The zero-order chi connectivity index (χ0) is 20.8. The van der Waals surface area contributed by atoms with E-state index in [0.717, 1.165) is 35.2 Å². The first kappa shape index (κ1) is 18.7. The Labute approximate surface area is 174 Å². The van der Waals surface area contributed by atoms with E-state index in [0.29, 0.717) is 6.04 Å². The molecule has 8 heteroatoms. The maximum atomic E-state index is 11.6. The lowest BCUT2D eigenvalue weighted by Gasteiger charge is -2.47. The summed E-state index contributed by atoms with van der Waals surface area (Å²) in [7, 11) is 0. The van der Waals surface area contributed by atoms with Gasteiger partial charge in [-0.15, -0.1) is 0 Å². The van der Waals surface area contributed by atoms with E-state index in [1.807, 2.05) is 11.0 Å². The Bertz CT molecular complexity index is 1260. The number of fused-ring (bicyclic) bond motifs is 2. The van der Waals surface area contributed by atoms with Gasteiger partial charge in [-0.05, 0) is 44.5 Å². The third kappa shape index (κ3) is 3.23. The van der Waals surface area contributed by atoms with Crippen LogP contribution in [-0.4, -0.2) is 54.9 Å². The minimum Gasteiger partial charge on any atom is -0.319 e. The average Bonchev–Trinajstić information content (AvgIpc) is 3.17. The second-order valence-electron chi connectivity index (χ2n) is 8.17. The number of piperazine rings is 1. The molecule has 4 heterocycles. The minimum absolute atomic E-state index is 0.109. The molecule has 4 aromatic rings. The first-order chi connectivity index (χ1) is 14.5. The lowest BCUT2D eigenvalue weighted by molar-refractivity contribution is 0.103. The Morgan fingerprint density at radius 2 is 1.77 bits per heavy atom. The van der Waals surface area contributed by atoms with Crippen molar-refractivity contribution in [3.05, 3.63) is 64.8 Å². The molecule has 3 aromatic heterocycles. The van der Waals surface area contributed by atoms with Gasteiger partial charge in [-0.3, -0.25) is 24.7 Å². The molecule has 1 N–H and O–H groups in total. The van der Waals surface area contributed by atoms with E-state index in [9.17, 15) is 4.79 Å². The van der Waals surface area contributed by atoms with Crippen molar-refractivity contribution in [2.45, 2.75) is 38.9 Å². The van der Waals surface area contributed by atoms with Crippen molar-refractivity contribution in [2.24, 2.45) is 0 Å². The molecule has 5 rings (SSSR count). The van der Waals surface area contributed by atoms with Crippen molar-refractivity contribution in [1.29, 1.82) is 0 Å². The van der Waals surface area contributed by atoms with Crippen LogP contribution in [-0.2, 0) is 0 Å². The fraction of sp³-hybridized carbons (Fsp3) is 0.364. The lowest BCUT2D eigenvalue weighted by Crippen LogP contribution is -2.60. The molecule has 3 atom stereocenters. The fourth-order valence-corrected chi connectivity index (χ4v) is 4.45.